The first-order valence-electron chi connectivity index (χ1n) is 7.85. The number of benzene rings is 1. The molecule has 5 nitrogen and oxygen atoms in total. The third-order valence-electron chi connectivity index (χ3n) is 4.46. The predicted octanol–water partition coefficient (Wildman–Crippen LogP) is 3.55. The van der Waals surface area contributed by atoms with Crippen molar-refractivity contribution >= 4 is 11.2 Å². The minimum absolute atomic E-state index is 0.0506. The van der Waals surface area contributed by atoms with E-state index in [-0.39, 0.29) is 6.04 Å². The van der Waals surface area contributed by atoms with E-state index >= 15 is 0 Å². The van der Waals surface area contributed by atoms with E-state index in [1.54, 1.807) is 4.90 Å². The highest BCUT2D eigenvalue weighted by molar-refractivity contribution is 5.80. The normalized spacial score (nSPS) is 17.6. The standard InChI is InChI=1S/C18H17N5/c1-12-14(13-6-3-2-4-7-13)10-15-17(20-12)22-18(21-15)16-8-5-9-23(16)11-19/h2-4,6-7,10,16H,5,8-9H2,1H3,(H,20,21,22). The van der Waals surface area contributed by atoms with Gasteiger partial charge in [-0.05, 0) is 31.4 Å². The first-order chi connectivity index (χ1) is 11.3. The summed E-state index contributed by atoms with van der Waals surface area (Å²) >= 11 is 0. The molecule has 1 aliphatic rings. The van der Waals surface area contributed by atoms with Crippen molar-refractivity contribution in [1.29, 1.82) is 5.26 Å². The van der Waals surface area contributed by atoms with Gasteiger partial charge in [-0.3, -0.25) is 0 Å². The van der Waals surface area contributed by atoms with Crippen LogP contribution in [0.3, 0.4) is 0 Å². The van der Waals surface area contributed by atoms with Crippen molar-refractivity contribution in [2.75, 3.05) is 6.54 Å². The van der Waals surface area contributed by atoms with E-state index in [9.17, 15) is 5.26 Å². The number of aryl methyl sites for hydroxylation is 1. The van der Waals surface area contributed by atoms with Gasteiger partial charge in [0.25, 0.3) is 0 Å². The Morgan fingerprint density at radius 3 is 2.87 bits per heavy atom. The van der Waals surface area contributed by atoms with Crippen molar-refractivity contribution in [1.82, 2.24) is 19.9 Å². The van der Waals surface area contributed by atoms with Crippen LogP contribution in [0.25, 0.3) is 22.3 Å². The number of hydrogen-bond donors (Lipinski definition) is 1. The van der Waals surface area contributed by atoms with Crippen molar-refractivity contribution < 1.29 is 0 Å². The molecule has 1 aliphatic heterocycles. The van der Waals surface area contributed by atoms with Gasteiger partial charge in [-0.1, -0.05) is 30.3 Å². The first-order valence-corrected chi connectivity index (χ1v) is 7.85. The van der Waals surface area contributed by atoms with Gasteiger partial charge in [0.1, 0.15) is 5.82 Å². The first kappa shape index (κ1) is 13.8. The van der Waals surface area contributed by atoms with Crippen LogP contribution < -0.4 is 0 Å². The van der Waals surface area contributed by atoms with Crippen LogP contribution in [0.2, 0.25) is 0 Å². The van der Waals surface area contributed by atoms with E-state index in [1.807, 2.05) is 25.1 Å². The molecule has 2 aromatic heterocycles. The van der Waals surface area contributed by atoms with Crippen molar-refractivity contribution in [3.8, 4) is 17.3 Å². The number of nitriles is 1. The SMILES string of the molecule is Cc1nc2nc(C3CCCN3C#N)[nH]c2cc1-c1ccccc1. The van der Waals surface area contributed by atoms with Gasteiger partial charge in [0.15, 0.2) is 11.8 Å². The maximum atomic E-state index is 9.23. The summed E-state index contributed by atoms with van der Waals surface area (Å²) in [5.74, 6) is 0.844. The molecular weight excluding hydrogens is 286 g/mol. The molecule has 1 fully saturated rings. The Hall–Kier alpha value is -2.87. The van der Waals surface area contributed by atoms with E-state index in [1.165, 1.54) is 0 Å². The molecule has 0 amide bonds. The van der Waals surface area contributed by atoms with Crippen molar-refractivity contribution in [3.05, 3.63) is 47.9 Å². The summed E-state index contributed by atoms with van der Waals surface area (Å²) in [5.41, 5.74) is 4.87. The summed E-state index contributed by atoms with van der Waals surface area (Å²) in [4.78, 5) is 14.4. The van der Waals surface area contributed by atoms with Crippen LogP contribution in [0, 0.1) is 18.4 Å². The Morgan fingerprint density at radius 2 is 2.09 bits per heavy atom. The number of fused-ring (bicyclic) bond motifs is 1. The molecule has 23 heavy (non-hydrogen) atoms. The van der Waals surface area contributed by atoms with Gasteiger partial charge in [0.05, 0.1) is 11.6 Å². The Labute approximate surface area is 134 Å². The largest absolute Gasteiger partial charge is 0.339 e. The molecule has 0 bridgehead atoms. The number of rotatable bonds is 2. The molecule has 114 valence electrons. The van der Waals surface area contributed by atoms with E-state index < -0.39 is 0 Å². The van der Waals surface area contributed by atoms with E-state index in [4.69, 9.17) is 0 Å². The molecule has 0 spiro atoms. The summed E-state index contributed by atoms with van der Waals surface area (Å²) in [5, 5.41) is 9.23. The molecule has 1 N–H and O–H groups in total. The van der Waals surface area contributed by atoms with E-state index in [0.29, 0.717) is 0 Å². The zero-order chi connectivity index (χ0) is 15.8. The number of aromatic amines is 1. The highest BCUT2D eigenvalue weighted by Crippen LogP contribution is 2.31. The van der Waals surface area contributed by atoms with Gasteiger partial charge in [0.2, 0.25) is 0 Å². The topological polar surface area (TPSA) is 68.6 Å². The van der Waals surface area contributed by atoms with Crippen LogP contribution >= 0.6 is 0 Å². The average molecular weight is 303 g/mol. The summed E-state index contributed by atoms with van der Waals surface area (Å²) in [6, 6.07) is 12.4. The van der Waals surface area contributed by atoms with Crippen LogP contribution in [-0.4, -0.2) is 26.4 Å². The molecule has 1 atom stereocenters. The Morgan fingerprint density at radius 1 is 1.26 bits per heavy atom. The summed E-state index contributed by atoms with van der Waals surface area (Å²) in [6.45, 7) is 2.81. The van der Waals surface area contributed by atoms with Gasteiger partial charge in [-0.2, -0.15) is 5.26 Å². The molecule has 1 saturated heterocycles. The molecule has 1 unspecified atom stereocenters. The van der Waals surface area contributed by atoms with Crippen LogP contribution in [0.15, 0.2) is 36.4 Å². The Balaban J connectivity index is 1.80. The summed E-state index contributed by atoms with van der Waals surface area (Å²) in [6.07, 6.45) is 4.24. The molecule has 3 aromatic rings. The molecule has 4 rings (SSSR count). The second kappa shape index (κ2) is 5.40. The number of pyridine rings is 1. The molecule has 1 aromatic carbocycles. The van der Waals surface area contributed by atoms with Crippen LogP contribution in [0.4, 0.5) is 0 Å². The molecule has 5 heteroatoms. The Bertz CT molecular complexity index is 891. The highest BCUT2D eigenvalue weighted by atomic mass is 15.2. The highest BCUT2D eigenvalue weighted by Gasteiger charge is 2.28. The summed E-state index contributed by atoms with van der Waals surface area (Å²) < 4.78 is 0. The number of hydrogen-bond acceptors (Lipinski definition) is 4. The number of nitrogens with one attached hydrogen (secondary N) is 1. The summed E-state index contributed by atoms with van der Waals surface area (Å²) in [7, 11) is 0. The quantitative estimate of drug-likeness (QED) is 0.735. The van der Waals surface area contributed by atoms with Crippen molar-refractivity contribution in [2.45, 2.75) is 25.8 Å². The number of H-pyrrole nitrogens is 1. The molecule has 0 radical (unpaired) electrons. The molecule has 3 heterocycles. The smallest absolute Gasteiger partial charge is 0.180 e. The maximum absolute atomic E-state index is 9.23. The maximum Gasteiger partial charge on any atom is 0.180 e. The lowest BCUT2D eigenvalue weighted by Crippen LogP contribution is -2.17. The molecule has 0 saturated carbocycles. The van der Waals surface area contributed by atoms with Crippen molar-refractivity contribution in [2.24, 2.45) is 0 Å². The third-order valence-corrected chi connectivity index (χ3v) is 4.46. The van der Waals surface area contributed by atoms with Crippen LogP contribution in [0.1, 0.15) is 30.4 Å². The monoisotopic (exact) mass is 303 g/mol. The fourth-order valence-corrected chi connectivity index (χ4v) is 3.29. The average Bonchev–Trinajstić information content (AvgIpc) is 3.20. The lowest BCUT2D eigenvalue weighted by atomic mass is 10.0. The van der Waals surface area contributed by atoms with Gasteiger partial charge in [-0.15, -0.1) is 0 Å². The Kier molecular flexibility index (Phi) is 3.23. The van der Waals surface area contributed by atoms with Gasteiger partial charge >= 0.3 is 0 Å². The van der Waals surface area contributed by atoms with Crippen molar-refractivity contribution in [3.63, 3.8) is 0 Å². The fourth-order valence-electron chi connectivity index (χ4n) is 3.29. The van der Waals surface area contributed by atoms with Crippen LogP contribution in [-0.2, 0) is 0 Å². The van der Waals surface area contributed by atoms with E-state index in [2.05, 4.69) is 39.3 Å². The number of imidazole rings is 1. The number of aromatic nitrogens is 3. The minimum atomic E-state index is 0.0506. The second-order valence-corrected chi connectivity index (χ2v) is 5.93. The molecular formula is C18H17N5. The van der Waals surface area contributed by atoms with Gasteiger partial charge in [0, 0.05) is 17.8 Å². The zero-order valence-electron chi connectivity index (χ0n) is 13.0. The lowest BCUT2D eigenvalue weighted by molar-refractivity contribution is 0.362. The number of likely N-dealkylation sites (tertiary alicyclic amines) is 1. The second-order valence-electron chi connectivity index (χ2n) is 5.93. The zero-order valence-corrected chi connectivity index (χ0v) is 13.0. The number of nitrogens with zero attached hydrogens (tertiary/aromatic N) is 4. The lowest BCUT2D eigenvalue weighted by Gasteiger charge is -2.14. The predicted molar refractivity (Wildman–Crippen MR) is 88.4 cm³/mol. The van der Waals surface area contributed by atoms with Crippen LogP contribution in [0.5, 0.6) is 0 Å². The fraction of sp³-hybridized carbons (Fsp3) is 0.278. The van der Waals surface area contributed by atoms with Gasteiger partial charge < -0.3 is 9.88 Å². The minimum Gasteiger partial charge on any atom is -0.339 e. The molecule has 0 aliphatic carbocycles. The van der Waals surface area contributed by atoms with Gasteiger partial charge in [-0.25, -0.2) is 9.97 Å². The van der Waals surface area contributed by atoms with E-state index in [0.717, 1.165) is 53.2 Å². The third kappa shape index (κ3) is 2.33.